The molecule has 6 nitrogen and oxygen atoms in total. The van der Waals surface area contributed by atoms with Crippen molar-refractivity contribution in [2.45, 2.75) is 237 Å². The van der Waals surface area contributed by atoms with E-state index in [9.17, 15) is 14.4 Å². The van der Waals surface area contributed by atoms with Gasteiger partial charge in [-0.2, -0.15) is 25.3 Å². The van der Waals surface area contributed by atoms with Crippen LogP contribution in [0.5, 0.6) is 0 Å². The topological polar surface area (TPSA) is 78.9 Å². The molecular formula is C47H86O6S2. The van der Waals surface area contributed by atoms with Crippen LogP contribution in [0.1, 0.15) is 226 Å². The molecule has 0 aromatic heterocycles. The Bertz CT molecular complexity index is 867. The van der Waals surface area contributed by atoms with Crippen molar-refractivity contribution in [3.63, 3.8) is 0 Å². The fraction of sp³-hybridized carbons (Fsp3) is 0.851. The van der Waals surface area contributed by atoms with E-state index in [1.54, 1.807) is 0 Å². The number of hydrogen-bond acceptors (Lipinski definition) is 8. The Labute approximate surface area is 350 Å². The highest BCUT2D eigenvalue weighted by Crippen LogP contribution is 2.15. The molecule has 0 N–H and O–H groups in total. The van der Waals surface area contributed by atoms with Crippen LogP contribution in [-0.4, -0.2) is 48.2 Å². The summed E-state index contributed by atoms with van der Waals surface area (Å²) < 4.78 is 16.6. The minimum Gasteiger partial charge on any atom is -0.462 e. The molecule has 0 spiro atoms. The maximum atomic E-state index is 12.6. The Kier molecular flexibility index (Phi) is 42.6. The first kappa shape index (κ1) is 53.6. The maximum Gasteiger partial charge on any atom is 0.306 e. The van der Waals surface area contributed by atoms with Crippen LogP contribution in [0.15, 0.2) is 24.3 Å². The van der Waals surface area contributed by atoms with Crippen LogP contribution in [-0.2, 0) is 28.6 Å². The third-order valence-electron chi connectivity index (χ3n) is 10.1. The summed E-state index contributed by atoms with van der Waals surface area (Å²) in [6.07, 6.45) is 44.1. The van der Waals surface area contributed by atoms with Crippen molar-refractivity contribution in [1.29, 1.82) is 0 Å². The number of ether oxygens (including phenoxy) is 3. The zero-order valence-corrected chi connectivity index (χ0v) is 37.6. The highest BCUT2D eigenvalue weighted by atomic mass is 32.1. The van der Waals surface area contributed by atoms with Crippen LogP contribution >= 0.6 is 25.3 Å². The van der Waals surface area contributed by atoms with Crippen LogP contribution in [0.25, 0.3) is 0 Å². The van der Waals surface area contributed by atoms with Gasteiger partial charge in [0.15, 0.2) is 6.10 Å². The van der Waals surface area contributed by atoms with Crippen molar-refractivity contribution in [1.82, 2.24) is 0 Å². The molecule has 0 aromatic carbocycles. The van der Waals surface area contributed by atoms with E-state index in [2.05, 4.69) is 63.4 Å². The lowest BCUT2D eigenvalue weighted by Crippen LogP contribution is -2.30. The van der Waals surface area contributed by atoms with Gasteiger partial charge in [-0.05, 0) is 89.2 Å². The van der Waals surface area contributed by atoms with Crippen molar-refractivity contribution in [2.75, 3.05) is 19.0 Å². The molecule has 1 atom stereocenters. The molecule has 0 amide bonds. The molecule has 0 rings (SSSR count). The van der Waals surface area contributed by atoms with Crippen molar-refractivity contribution in [2.24, 2.45) is 0 Å². The van der Waals surface area contributed by atoms with Gasteiger partial charge in [-0.25, -0.2) is 0 Å². The molecule has 0 heterocycles. The Balaban J connectivity index is 4.29. The van der Waals surface area contributed by atoms with Gasteiger partial charge in [-0.15, -0.1) is 0 Å². The summed E-state index contributed by atoms with van der Waals surface area (Å²) in [5.41, 5.74) is 0. The van der Waals surface area contributed by atoms with Crippen LogP contribution in [0.3, 0.4) is 0 Å². The van der Waals surface area contributed by atoms with Gasteiger partial charge in [-0.3, -0.25) is 14.4 Å². The van der Waals surface area contributed by atoms with Crippen molar-refractivity contribution in [3.05, 3.63) is 24.3 Å². The molecule has 0 radical (unpaired) electrons. The van der Waals surface area contributed by atoms with Gasteiger partial charge in [0.05, 0.1) is 0 Å². The first-order chi connectivity index (χ1) is 26.9. The first-order valence-corrected chi connectivity index (χ1v) is 24.2. The molecule has 0 aliphatic rings. The number of carbonyl (C=O) groups is 3. The van der Waals surface area contributed by atoms with Gasteiger partial charge < -0.3 is 14.2 Å². The molecule has 0 saturated carbocycles. The molecule has 1 unspecified atom stereocenters. The Morgan fingerprint density at radius 2 is 0.800 bits per heavy atom. The smallest absolute Gasteiger partial charge is 0.306 e. The molecule has 0 aliphatic carbocycles. The second kappa shape index (κ2) is 43.7. The van der Waals surface area contributed by atoms with Crippen molar-refractivity contribution >= 4 is 43.2 Å². The summed E-state index contributed by atoms with van der Waals surface area (Å²) in [4.78, 5) is 37.6. The second-order valence-electron chi connectivity index (χ2n) is 15.6. The minimum absolute atomic E-state index is 0.100. The zero-order valence-electron chi connectivity index (χ0n) is 35.8. The van der Waals surface area contributed by atoms with E-state index in [0.717, 1.165) is 76.4 Å². The summed E-state index contributed by atoms with van der Waals surface area (Å²) in [5, 5.41) is 0.281. The van der Waals surface area contributed by atoms with E-state index in [0.29, 0.717) is 19.3 Å². The monoisotopic (exact) mass is 811 g/mol. The summed E-state index contributed by atoms with van der Waals surface area (Å²) in [6.45, 7) is 4.31. The number of hydrogen-bond donors (Lipinski definition) is 2. The Morgan fingerprint density at radius 1 is 0.455 bits per heavy atom. The highest BCUT2D eigenvalue weighted by molar-refractivity contribution is 7.81. The number of esters is 3. The molecule has 55 heavy (non-hydrogen) atoms. The number of thiol groups is 2. The molecule has 0 aliphatic heterocycles. The lowest BCUT2D eigenvalue weighted by molar-refractivity contribution is -0.167. The first-order valence-electron chi connectivity index (χ1n) is 23.0. The normalized spacial score (nSPS) is 12.7. The van der Waals surface area contributed by atoms with E-state index in [1.807, 2.05) is 0 Å². The summed E-state index contributed by atoms with van der Waals surface area (Å²) >= 11 is 8.82. The van der Waals surface area contributed by atoms with Crippen LogP contribution in [0.2, 0.25) is 0 Å². The molecule has 0 bridgehead atoms. The summed E-state index contributed by atoms with van der Waals surface area (Å²) in [5.74, 6) is -0.176. The van der Waals surface area contributed by atoms with E-state index >= 15 is 0 Å². The van der Waals surface area contributed by atoms with E-state index in [-0.39, 0.29) is 42.8 Å². The summed E-state index contributed by atoms with van der Waals surface area (Å²) in [7, 11) is 0. The highest BCUT2D eigenvalue weighted by Gasteiger charge is 2.19. The molecule has 8 heteroatoms. The van der Waals surface area contributed by atoms with Crippen LogP contribution in [0.4, 0.5) is 0 Å². The average Bonchev–Trinajstić information content (AvgIpc) is 3.17. The lowest BCUT2D eigenvalue weighted by atomic mass is 10.1. The Morgan fingerprint density at radius 3 is 1.20 bits per heavy atom. The van der Waals surface area contributed by atoms with Gasteiger partial charge in [0.2, 0.25) is 0 Å². The number of unbranched alkanes of at least 4 members (excludes halogenated alkanes) is 23. The van der Waals surface area contributed by atoms with E-state index in [1.165, 1.54) is 116 Å². The minimum atomic E-state index is -0.801. The van der Waals surface area contributed by atoms with Gasteiger partial charge in [-0.1, -0.05) is 147 Å². The fourth-order valence-corrected chi connectivity index (χ4v) is 7.33. The zero-order chi connectivity index (χ0) is 40.3. The van der Waals surface area contributed by atoms with Crippen LogP contribution < -0.4 is 0 Å². The van der Waals surface area contributed by atoms with Crippen molar-refractivity contribution < 1.29 is 28.6 Å². The molecular weight excluding hydrogens is 725 g/mol. The largest absolute Gasteiger partial charge is 0.462 e. The van der Waals surface area contributed by atoms with Gasteiger partial charge in [0.1, 0.15) is 13.2 Å². The van der Waals surface area contributed by atoms with Gasteiger partial charge in [0.25, 0.3) is 0 Å². The van der Waals surface area contributed by atoms with E-state index < -0.39 is 6.10 Å². The number of allylic oxidation sites excluding steroid dienone is 4. The summed E-state index contributed by atoms with van der Waals surface area (Å²) in [6, 6.07) is 0. The molecule has 0 saturated heterocycles. The number of rotatable bonds is 42. The van der Waals surface area contributed by atoms with Gasteiger partial charge >= 0.3 is 17.9 Å². The van der Waals surface area contributed by atoms with Crippen molar-refractivity contribution in [3.8, 4) is 0 Å². The van der Waals surface area contributed by atoms with E-state index in [4.69, 9.17) is 14.2 Å². The molecule has 0 fully saturated rings. The predicted molar refractivity (Wildman–Crippen MR) is 240 cm³/mol. The van der Waals surface area contributed by atoms with Crippen LogP contribution in [0, 0.1) is 0 Å². The third-order valence-corrected chi connectivity index (χ3v) is 10.8. The SMILES string of the molecule is CCCCCCCCC=CCCCCCCCC(=O)OCC(COC(=O)CCCCCCCC=CCCCCCCCC)OC(=O)CCCCC(S)CCS. The standard InChI is InChI=1S/C47H86O6S2/c1-3-5-7-9-11-13-15-17-19-21-23-25-27-29-31-36-45(48)51-41-43(53-47(50)38-34-33-35-44(55)39-40-54)42-52-46(49)37-32-30-28-26-24-22-20-18-16-14-12-10-8-6-4-2/h17-20,43-44,54-55H,3-16,21-42H2,1-2H3. The predicted octanol–water partition coefficient (Wildman–Crippen LogP) is 14.2. The molecule has 0 aromatic rings. The van der Waals surface area contributed by atoms with Gasteiger partial charge in [0, 0.05) is 24.5 Å². The quantitative estimate of drug-likeness (QED) is 0.0210. The Hall–Kier alpha value is -1.41. The molecule has 322 valence electrons. The third kappa shape index (κ3) is 42.0. The number of carbonyl (C=O) groups excluding carboxylic acids is 3. The fourth-order valence-electron chi connectivity index (χ4n) is 6.50. The second-order valence-corrected chi connectivity index (χ2v) is 16.7. The maximum absolute atomic E-state index is 12.6. The lowest BCUT2D eigenvalue weighted by Gasteiger charge is -2.18. The average molecular weight is 811 g/mol.